The highest BCUT2D eigenvalue weighted by Gasteiger charge is 2.27. The van der Waals surface area contributed by atoms with E-state index in [9.17, 15) is 14.7 Å². The van der Waals surface area contributed by atoms with Gasteiger partial charge in [-0.15, -0.1) is 0 Å². The highest BCUT2D eigenvalue weighted by molar-refractivity contribution is 5.96. The number of fused-ring (bicyclic) bond motifs is 1. The Bertz CT molecular complexity index is 1040. The number of benzene rings is 2. The number of rotatable bonds is 13. The van der Waals surface area contributed by atoms with Crippen molar-refractivity contribution >= 4 is 11.7 Å². The van der Waals surface area contributed by atoms with Gasteiger partial charge >= 0.3 is 0 Å². The maximum Gasteiger partial charge on any atom is 0.220 e. The number of ether oxygens (including phenoxy) is 3. The van der Waals surface area contributed by atoms with Crippen LogP contribution in [0.4, 0.5) is 0 Å². The fourth-order valence-electron chi connectivity index (χ4n) is 4.89. The zero-order valence-corrected chi connectivity index (χ0v) is 21.6. The van der Waals surface area contributed by atoms with Gasteiger partial charge in [0.2, 0.25) is 5.91 Å². The Kier molecular flexibility index (Phi) is 9.79. The molecule has 1 fully saturated rings. The SMILES string of the molecule is COc1ccc(C(=O)CCCCCC(=O)NC(CN2CCCC2)C(O)c2ccc3c(c2)OCCO3)cc1. The van der Waals surface area contributed by atoms with Crippen LogP contribution in [-0.2, 0) is 4.79 Å². The van der Waals surface area contributed by atoms with Gasteiger partial charge in [0.05, 0.1) is 13.2 Å². The zero-order chi connectivity index (χ0) is 26.0. The number of ketones is 1. The molecule has 37 heavy (non-hydrogen) atoms. The number of aliphatic hydroxyl groups is 1. The fraction of sp³-hybridized carbons (Fsp3) is 0.517. The second-order valence-electron chi connectivity index (χ2n) is 9.74. The number of hydrogen-bond acceptors (Lipinski definition) is 7. The normalized spacial score (nSPS) is 16.7. The summed E-state index contributed by atoms with van der Waals surface area (Å²) in [5, 5.41) is 14.3. The zero-order valence-electron chi connectivity index (χ0n) is 21.6. The molecule has 1 saturated heterocycles. The Morgan fingerprint density at radius 1 is 0.973 bits per heavy atom. The second kappa shape index (κ2) is 13.4. The summed E-state index contributed by atoms with van der Waals surface area (Å²) >= 11 is 0. The minimum absolute atomic E-state index is 0.0812. The van der Waals surface area contributed by atoms with Gasteiger partial charge in [0.25, 0.3) is 0 Å². The van der Waals surface area contributed by atoms with Crippen LogP contribution >= 0.6 is 0 Å². The molecule has 0 saturated carbocycles. The molecule has 0 bridgehead atoms. The highest BCUT2D eigenvalue weighted by Crippen LogP contribution is 2.33. The van der Waals surface area contributed by atoms with Crippen molar-refractivity contribution in [3.63, 3.8) is 0 Å². The lowest BCUT2D eigenvalue weighted by Gasteiger charge is -2.29. The van der Waals surface area contributed by atoms with Crippen LogP contribution in [0.15, 0.2) is 42.5 Å². The van der Waals surface area contributed by atoms with Crippen LogP contribution in [0, 0.1) is 0 Å². The number of amides is 1. The van der Waals surface area contributed by atoms with Gasteiger partial charge in [0.15, 0.2) is 17.3 Å². The number of unbranched alkanes of at least 4 members (excludes halogenated alkanes) is 2. The summed E-state index contributed by atoms with van der Waals surface area (Å²) in [7, 11) is 1.60. The summed E-state index contributed by atoms with van der Waals surface area (Å²) in [5.74, 6) is 2.04. The first kappa shape index (κ1) is 26.9. The van der Waals surface area contributed by atoms with E-state index in [1.54, 1.807) is 31.4 Å². The average Bonchev–Trinajstić information content (AvgIpc) is 3.45. The van der Waals surface area contributed by atoms with Crippen molar-refractivity contribution in [1.29, 1.82) is 0 Å². The number of carbonyl (C=O) groups excluding carboxylic acids is 2. The minimum atomic E-state index is -0.859. The van der Waals surface area contributed by atoms with Crippen molar-refractivity contribution in [2.45, 2.75) is 57.1 Å². The third-order valence-corrected chi connectivity index (χ3v) is 7.01. The van der Waals surface area contributed by atoms with Gasteiger partial charge in [-0.2, -0.15) is 0 Å². The minimum Gasteiger partial charge on any atom is -0.497 e. The lowest BCUT2D eigenvalue weighted by Crippen LogP contribution is -2.46. The first-order valence-corrected chi connectivity index (χ1v) is 13.3. The number of hydrogen-bond donors (Lipinski definition) is 2. The molecule has 2 aromatic rings. The van der Waals surface area contributed by atoms with E-state index in [-0.39, 0.29) is 11.7 Å². The first-order valence-electron chi connectivity index (χ1n) is 13.3. The molecule has 2 heterocycles. The molecular formula is C29H38N2O6. The predicted octanol–water partition coefficient (Wildman–Crippen LogP) is 3.91. The average molecular weight is 511 g/mol. The van der Waals surface area contributed by atoms with E-state index in [0.717, 1.165) is 44.5 Å². The number of carbonyl (C=O) groups is 2. The van der Waals surface area contributed by atoms with Crippen LogP contribution in [-0.4, -0.2) is 67.7 Å². The standard InChI is InChI=1S/C29H38N2O6/c1-35-23-12-9-21(10-13-23)25(32)7-3-2-4-8-28(33)30-24(20-31-15-5-6-16-31)29(34)22-11-14-26-27(19-22)37-18-17-36-26/h9-14,19,24,29,34H,2-8,15-18,20H2,1H3,(H,30,33). The van der Waals surface area contributed by atoms with Gasteiger partial charge in [-0.3, -0.25) is 9.59 Å². The Hall–Kier alpha value is -3.10. The second-order valence-corrected chi connectivity index (χ2v) is 9.74. The van der Waals surface area contributed by atoms with Crippen LogP contribution < -0.4 is 19.5 Å². The van der Waals surface area contributed by atoms with Crippen molar-refractivity contribution in [1.82, 2.24) is 10.2 Å². The van der Waals surface area contributed by atoms with E-state index < -0.39 is 12.1 Å². The Morgan fingerprint density at radius 2 is 1.68 bits per heavy atom. The van der Waals surface area contributed by atoms with Crippen LogP contribution in [0.5, 0.6) is 17.2 Å². The maximum absolute atomic E-state index is 12.8. The molecule has 8 heteroatoms. The molecular weight excluding hydrogens is 472 g/mol. The quantitative estimate of drug-likeness (QED) is 0.311. The van der Waals surface area contributed by atoms with E-state index in [0.29, 0.717) is 61.6 Å². The van der Waals surface area contributed by atoms with Crippen molar-refractivity contribution in [3.05, 3.63) is 53.6 Å². The molecule has 1 amide bonds. The van der Waals surface area contributed by atoms with Crippen molar-refractivity contribution in [3.8, 4) is 17.2 Å². The van der Waals surface area contributed by atoms with Gasteiger partial charge in [-0.05, 0) is 80.7 Å². The van der Waals surface area contributed by atoms with Gasteiger partial charge in [-0.1, -0.05) is 12.5 Å². The lowest BCUT2D eigenvalue weighted by molar-refractivity contribution is -0.123. The van der Waals surface area contributed by atoms with E-state index >= 15 is 0 Å². The molecule has 2 N–H and O–H groups in total. The summed E-state index contributed by atoms with van der Waals surface area (Å²) in [4.78, 5) is 27.5. The van der Waals surface area contributed by atoms with Crippen LogP contribution in [0.25, 0.3) is 0 Å². The van der Waals surface area contributed by atoms with Crippen LogP contribution in [0.3, 0.4) is 0 Å². The van der Waals surface area contributed by atoms with Crippen LogP contribution in [0.1, 0.15) is 67.0 Å². The number of nitrogens with zero attached hydrogens (tertiary/aromatic N) is 1. The monoisotopic (exact) mass is 510 g/mol. The maximum atomic E-state index is 12.8. The van der Waals surface area contributed by atoms with E-state index in [1.807, 2.05) is 18.2 Å². The number of aliphatic hydroxyl groups excluding tert-OH is 1. The van der Waals surface area contributed by atoms with Crippen molar-refractivity contribution in [2.75, 3.05) is 40.0 Å². The van der Waals surface area contributed by atoms with Crippen molar-refractivity contribution < 1.29 is 28.9 Å². The van der Waals surface area contributed by atoms with Gasteiger partial charge < -0.3 is 29.5 Å². The van der Waals surface area contributed by atoms with Gasteiger partial charge in [-0.25, -0.2) is 0 Å². The number of Topliss-reactive ketones (excluding diaryl/α,β-unsaturated/α-hetero) is 1. The van der Waals surface area contributed by atoms with Crippen molar-refractivity contribution in [2.24, 2.45) is 0 Å². The van der Waals surface area contributed by atoms with Gasteiger partial charge in [0, 0.05) is 24.9 Å². The van der Waals surface area contributed by atoms with Crippen LogP contribution in [0.2, 0.25) is 0 Å². The molecule has 0 spiro atoms. The van der Waals surface area contributed by atoms with E-state index in [2.05, 4.69) is 10.2 Å². The first-order chi connectivity index (χ1) is 18.0. The van der Waals surface area contributed by atoms with E-state index in [4.69, 9.17) is 14.2 Å². The summed E-state index contributed by atoms with van der Waals surface area (Å²) < 4.78 is 16.4. The number of nitrogens with one attached hydrogen (secondary N) is 1. The molecule has 4 rings (SSSR count). The number of likely N-dealkylation sites (tertiary alicyclic amines) is 1. The summed E-state index contributed by atoms with van der Waals surface area (Å²) in [5.41, 5.74) is 1.38. The summed E-state index contributed by atoms with van der Waals surface area (Å²) in [6.07, 6.45) is 4.44. The molecule has 2 atom stereocenters. The molecule has 2 unspecified atom stereocenters. The topological polar surface area (TPSA) is 97.3 Å². The Balaban J connectivity index is 1.26. The predicted molar refractivity (Wildman–Crippen MR) is 140 cm³/mol. The fourth-order valence-corrected chi connectivity index (χ4v) is 4.89. The summed E-state index contributed by atoms with van der Waals surface area (Å²) in [6.45, 7) is 3.53. The summed E-state index contributed by atoms with van der Waals surface area (Å²) in [6, 6.07) is 12.2. The van der Waals surface area contributed by atoms with E-state index in [1.165, 1.54) is 0 Å². The third-order valence-electron chi connectivity index (χ3n) is 7.01. The Morgan fingerprint density at radius 3 is 2.41 bits per heavy atom. The smallest absolute Gasteiger partial charge is 0.220 e. The Labute approximate surface area is 218 Å². The third kappa shape index (κ3) is 7.69. The highest BCUT2D eigenvalue weighted by atomic mass is 16.6. The molecule has 0 aromatic heterocycles. The molecule has 200 valence electrons. The molecule has 0 radical (unpaired) electrons. The van der Waals surface area contributed by atoms with Gasteiger partial charge in [0.1, 0.15) is 25.1 Å². The molecule has 0 aliphatic carbocycles. The largest absolute Gasteiger partial charge is 0.497 e. The molecule has 2 aromatic carbocycles. The number of methoxy groups -OCH3 is 1. The molecule has 8 nitrogen and oxygen atoms in total. The lowest BCUT2D eigenvalue weighted by atomic mass is 10.00. The molecule has 2 aliphatic heterocycles. The molecule has 2 aliphatic rings.